The molecular weight excluding hydrogens is 517 g/mol. The van der Waals surface area contributed by atoms with Gasteiger partial charge in [0.1, 0.15) is 11.6 Å². The molecule has 1 amide bonds. The third-order valence-corrected chi connectivity index (χ3v) is 7.19. The van der Waals surface area contributed by atoms with Gasteiger partial charge in [-0.25, -0.2) is 4.39 Å². The van der Waals surface area contributed by atoms with Gasteiger partial charge in [-0.2, -0.15) is 0 Å². The number of fused-ring (bicyclic) bond motifs is 3. The molecular formula is C34H40FN3O3. The van der Waals surface area contributed by atoms with E-state index in [2.05, 4.69) is 47.2 Å². The van der Waals surface area contributed by atoms with Crippen molar-refractivity contribution in [1.29, 1.82) is 0 Å². The Morgan fingerprint density at radius 2 is 1.85 bits per heavy atom. The van der Waals surface area contributed by atoms with Crippen molar-refractivity contribution in [2.45, 2.75) is 38.6 Å². The summed E-state index contributed by atoms with van der Waals surface area (Å²) in [5.41, 5.74) is 5.67. The maximum Gasteiger partial charge on any atom is 0.227 e. The first-order valence-electron chi connectivity index (χ1n) is 14.3. The zero-order chi connectivity index (χ0) is 29.0. The van der Waals surface area contributed by atoms with Gasteiger partial charge in [0, 0.05) is 36.1 Å². The summed E-state index contributed by atoms with van der Waals surface area (Å²) in [6, 6.07) is 22.7. The molecule has 1 atom stereocenters. The first-order chi connectivity index (χ1) is 20.0. The average molecular weight is 558 g/mol. The van der Waals surface area contributed by atoms with Crippen molar-refractivity contribution in [2.75, 3.05) is 32.8 Å². The van der Waals surface area contributed by atoms with Gasteiger partial charge in [0.2, 0.25) is 5.91 Å². The van der Waals surface area contributed by atoms with Crippen molar-refractivity contribution in [3.05, 3.63) is 114 Å². The number of ether oxygens (including phenoxy) is 1. The third-order valence-electron chi connectivity index (χ3n) is 7.19. The molecule has 1 aromatic heterocycles. The number of nitrogens with zero attached hydrogens (tertiary/aromatic N) is 1. The normalized spacial score (nSPS) is 14.2. The molecule has 0 saturated heterocycles. The van der Waals surface area contributed by atoms with Crippen LogP contribution in [0.15, 0.2) is 85.5 Å². The molecule has 0 saturated carbocycles. The predicted octanol–water partition coefficient (Wildman–Crippen LogP) is 6.09. The van der Waals surface area contributed by atoms with Gasteiger partial charge in [0.25, 0.3) is 0 Å². The van der Waals surface area contributed by atoms with Gasteiger partial charge in [0.05, 0.1) is 19.3 Å². The molecule has 5 rings (SSSR count). The lowest BCUT2D eigenvalue weighted by Crippen LogP contribution is -2.40. The molecule has 216 valence electrons. The molecule has 0 bridgehead atoms. The largest absolute Gasteiger partial charge is 0.494 e. The summed E-state index contributed by atoms with van der Waals surface area (Å²) in [5.74, 6) is 0.753. The number of carbonyl (C=O) groups excluding carboxylic acids is 1. The number of unbranched alkanes of at least 4 members (excludes halogenated alkanes) is 1. The van der Waals surface area contributed by atoms with E-state index in [0.29, 0.717) is 26.1 Å². The zero-order valence-electron chi connectivity index (χ0n) is 23.7. The van der Waals surface area contributed by atoms with Gasteiger partial charge < -0.3 is 25.0 Å². The maximum absolute atomic E-state index is 12.9. The summed E-state index contributed by atoms with van der Waals surface area (Å²) in [4.78, 5) is 18.5. The molecule has 0 spiro atoms. The zero-order valence-corrected chi connectivity index (χ0v) is 23.7. The van der Waals surface area contributed by atoms with Crippen LogP contribution in [0.4, 0.5) is 4.39 Å². The Labute approximate surface area is 241 Å². The van der Waals surface area contributed by atoms with Crippen molar-refractivity contribution in [3.8, 4) is 5.75 Å². The van der Waals surface area contributed by atoms with Crippen LogP contribution < -0.4 is 10.1 Å². The van der Waals surface area contributed by atoms with E-state index in [1.54, 1.807) is 18.2 Å². The van der Waals surface area contributed by atoms with E-state index in [0.717, 1.165) is 53.9 Å². The minimum atomic E-state index is -0.171. The summed E-state index contributed by atoms with van der Waals surface area (Å²) >= 11 is 0. The monoisotopic (exact) mass is 557 g/mol. The Kier molecular flexibility index (Phi) is 11.1. The highest BCUT2D eigenvalue weighted by Crippen LogP contribution is 2.39. The Bertz CT molecular complexity index is 1380. The molecule has 1 aliphatic heterocycles. The number of aryl methyl sites for hydroxylation is 1. The highest BCUT2D eigenvalue weighted by atomic mass is 19.1. The second-order valence-electron chi connectivity index (χ2n) is 10.2. The first-order valence-corrected chi connectivity index (χ1v) is 14.3. The number of aromatic amines is 1. The van der Waals surface area contributed by atoms with Crippen LogP contribution in [0.3, 0.4) is 0 Å². The van der Waals surface area contributed by atoms with Crippen molar-refractivity contribution < 1.29 is 19.0 Å². The number of aromatic nitrogens is 1. The fraction of sp³-hybridized carbons (Fsp3) is 0.324. The van der Waals surface area contributed by atoms with Crippen LogP contribution in [0.25, 0.3) is 10.9 Å². The standard InChI is InChI=1S/C27H33N3O3.C7H7F/c1-2-7-25(32)30-17-14-23-22-8-3-4-9-24(22)29-26(23)27(30)20-10-12-21(13-11-20)33-19-6-5-15-28-16-18-31;1-6-2-4-7(8)5-3-6/h2-4,8-13,27-29,31H,1,5-7,14-19H2;2-5H,1H3. The summed E-state index contributed by atoms with van der Waals surface area (Å²) in [7, 11) is 0. The highest BCUT2D eigenvalue weighted by molar-refractivity contribution is 5.86. The van der Waals surface area contributed by atoms with Crippen molar-refractivity contribution >= 4 is 16.8 Å². The number of para-hydroxylation sites is 1. The molecule has 3 aromatic carbocycles. The Balaban J connectivity index is 0.000000417. The predicted molar refractivity (Wildman–Crippen MR) is 163 cm³/mol. The lowest BCUT2D eigenvalue weighted by Gasteiger charge is -2.36. The number of nitrogens with one attached hydrogen (secondary N) is 2. The molecule has 41 heavy (non-hydrogen) atoms. The molecule has 0 fully saturated rings. The molecule has 1 unspecified atom stereocenters. The van der Waals surface area contributed by atoms with Crippen LogP contribution in [-0.4, -0.2) is 53.7 Å². The minimum Gasteiger partial charge on any atom is -0.494 e. The Morgan fingerprint density at radius 3 is 2.56 bits per heavy atom. The molecule has 3 N–H and O–H groups in total. The number of H-pyrrole nitrogens is 1. The van der Waals surface area contributed by atoms with Gasteiger partial charge in [-0.1, -0.05) is 54.1 Å². The smallest absolute Gasteiger partial charge is 0.227 e. The Hall–Kier alpha value is -3.94. The van der Waals surface area contributed by atoms with Gasteiger partial charge in [-0.15, -0.1) is 6.58 Å². The molecule has 4 aromatic rings. The van der Waals surface area contributed by atoms with Gasteiger partial charge >= 0.3 is 0 Å². The number of carbonyl (C=O) groups is 1. The fourth-order valence-corrected chi connectivity index (χ4v) is 5.12. The number of aliphatic hydroxyl groups excluding tert-OH is 1. The second-order valence-corrected chi connectivity index (χ2v) is 10.2. The van der Waals surface area contributed by atoms with Crippen molar-refractivity contribution in [2.24, 2.45) is 0 Å². The van der Waals surface area contributed by atoms with Gasteiger partial charge in [-0.05, 0) is 74.2 Å². The van der Waals surface area contributed by atoms with Crippen molar-refractivity contribution in [3.63, 3.8) is 0 Å². The third kappa shape index (κ3) is 8.06. The molecule has 2 heterocycles. The van der Waals surface area contributed by atoms with E-state index >= 15 is 0 Å². The summed E-state index contributed by atoms with van der Waals surface area (Å²) < 4.78 is 18.0. The average Bonchev–Trinajstić information content (AvgIpc) is 3.37. The van der Waals surface area contributed by atoms with Crippen LogP contribution in [-0.2, 0) is 11.2 Å². The van der Waals surface area contributed by atoms with Crippen LogP contribution in [0.5, 0.6) is 5.75 Å². The number of rotatable bonds is 11. The van der Waals surface area contributed by atoms with E-state index in [9.17, 15) is 9.18 Å². The number of hydrogen-bond donors (Lipinski definition) is 3. The minimum absolute atomic E-state index is 0.0921. The highest BCUT2D eigenvalue weighted by Gasteiger charge is 2.33. The first kappa shape index (κ1) is 30.0. The van der Waals surface area contributed by atoms with E-state index in [1.165, 1.54) is 23.1 Å². The number of hydrogen-bond acceptors (Lipinski definition) is 4. The summed E-state index contributed by atoms with van der Waals surface area (Å²) in [5, 5.41) is 13.2. The topological polar surface area (TPSA) is 77.6 Å². The lowest BCUT2D eigenvalue weighted by atomic mass is 9.92. The molecule has 7 heteroatoms. The number of benzene rings is 3. The fourth-order valence-electron chi connectivity index (χ4n) is 5.12. The number of halogens is 1. The van der Waals surface area contributed by atoms with Gasteiger partial charge in [0.15, 0.2) is 0 Å². The quantitative estimate of drug-likeness (QED) is 0.154. The van der Waals surface area contributed by atoms with Crippen LogP contribution in [0.1, 0.15) is 47.7 Å². The summed E-state index contributed by atoms with van der Waals surface area (Å²) in [6.45, 7) is 8.71. The van der Waals surface area contributed by atoms with Crippen LogP contribution in [0.2, 0.25) is 0 Å². The SMILES string of the molecule is C=CCC(=O)N1CCc2c([nH]c3ccccc23)C1c1ccc(OCCCCNCCO)cc1.Cc1ccc(F)cc1. The van der Waals surface area contributed by atoms with Crippen LogP contribution in [0, 0.1) is 12.7 Å². The molecule has 0 aliphatic carbocycles. The molecule has 6 nitrogen and oxygen atoms in total. The summed E-state index contributed by atoms with van der Waals surface area (Å²) in [6.07, 6.45) is 4.80. The van der Waals surface area contributed by atoms with E-state index in [1.807, 2.05) is 30.0 Å². The number of amides is 1. The molecule has 1 aliphatic rings. The Morgan fingerprint density at radius 1 is 1.10 bits per heavy atom. The van der Waals surface area contributed by atoms with E-state index in [4.69, 9.17) is 9.84 Å². The van der Waals surface area contributed by atoms with Crippen LogP contribution >= 0.6 is 0 Å². The lowest BCUT2D eigenvalue weighted by molar-refractivity contribution is -0.132. The van der Waals surface area contributed by atoms with Gasteiger partial charge in [-0.3, -0.25) is 4.79 Å². The van der Waals surface area contributed by atoms with E-state index < -0.39 is 0 Å². The van der Waals surface area contributed by atoms with E-state index in [-0.39, 0.29) is 24.4 Å². The van der Waals surface area contributed by atoms with Crippen molar-refractivity contribution in [1.82, 2.24) is 15.2 Å². The molecule has 0 radical (unpaired) electrons. The maximum atomic E-state index is 12.9. The second kappa shape index (κ2) is 15.2. The number of aliphatic hydroxyl groups is 1.